The number of hydrogen-bond acceptors (Lipinski definition) is 5. The molecule has 0 unspecified atom stereocenters. The zero-order valence-electron chi connectivity index (χ0n) is 15.9. The molecule has 2 aliphatic rings. The van der Waals surface area contributed by atoms with E-state index in [1.54, 1.807) is 16.4 Å². The summed E-state index contributed by atoms with van der Waals surface area (Å²) in [7, 11) is -3.42. The first-order valence-electron chi connectivity index (χ1n) is 9.89. The average Bonchev–Trinajstić information content (AvgIpc) is 3.05. The van der Waals surface area contributed by atoms with Gasteiger partial charge in [-0.15, -0.1) is 0 Å². The van der Waals surface area contributed by atoms with E-state index in [1.807, 2.05) is 17.8 Å². The average molecular weight is 409 g/mol. The lowest BCUT2D eigenvalue weighted by molar-refractivity contribution is 0.283. The van der Waals surface area contributed by atoms with E-state index >= 15 is 0 Å². The van der Waals surface area contributed by atoms with Gasteiger partial charge in [0.25, 0.3) is 0 Å². The van der Waals surface area contributed by atoms with Crippen LogP contribution in [0.2, 0.25) is 0 Å². The number of nitrogens with zero attached hydrogens (tertiary/aromatic N) is 4. The summed E-state index contributed by atoms with van der Waals surface area (Å²) in [6, 6.07) is 5.45. The summed E-state index contributed by atoms with van der Waals surface area (Å²) >= 11 is 2.00. The van der Waals surface area contributed by atoms with Crippen molar-refractivity contribution in [3.05, 3.63) is 24.0 Å². The van der Waals surface area contributed by atoms with Crippen LogP contribution in [0, 0.1) is 0 Å². The molecule has 0 atom stereocenters. The number of rotatable bonds is 5. The first-order valence-corrected chi connectivity index (χ1v) is 12.5. The molecule has 0 aliphatic carbocycles. The zero-order chi connectivity index (χ0) is 18.9. The molecule has 8 heteroatoms. The van der Waals surface area contributed by atoms with E-state index in [0.29, 0.717) is 18.0 Å². The van der Waals surface area contributed by atoms with Crippen LogP contribution in [0.25, 0.3) is 11.0 Å². The van der Waals surface area contributed by atoms with Gasteiger partial charge in [-0.25, -0.2) is 13.4 Å². The minimum atomic E-state index is -3.42. The summed E-state index contributed by atoms with van der Waals surface area (Å²) < 4.78 is 29.8. The van der Waals surface area contributed by atoms with E-state index in [1.165, 1.54) is 11.5 Å². The Morgan fingerprint density at radius 1 is 1.07 bits per heavy atom. The number of imidazole rings is 1. The van der Waals surface area contributed by atoms with Crippen LogP contribution in [-0.2, 0) is 23.1 Å². The predicted octanol–water partition coefficient (Wildman–Crippen LogP) is 2.78. The van der Waals surface area contributed by atoms with Gasteiger partial charge in [0.05, 0.1) is 22.5 Å². The van der Waals surface area contributed by atoms with Crippen LogP contribution in [0.3, 0.4) is 0 Å². The standard InChI is InChI=1S/C19H28N4O2S2/c1-2-23-18-7-6-16(27(24,25)22-8-4-3-5-9-22)14-17(18)20-19(23)15-21-10-12-26-13-11-21/h6-7,14H,2-5,8-13,15H2,1H3. The molecule has 0 amide bonds. The van der Waals surface area contributed by atoms with Crippen LogP contribution < -0.4 is 0 Å². The number of hydrogen-bond donors (Lipinski definition) is 0. The molecule has 1 aromatic carbocycles. The highest BCUT2D eigenvalue weighted by Crippen LogP contribution is 2.25. The van der Waals surface area contributed by atoms with Gasteiger partial charge in [0.15, 0.2) is 0 Å². The predicted molar refractivity (Wildman–Crippen MR) is 111 cm³/mol. The normalized spacial score (nSPS) is 20.3. The van der Waals surface area contributed by atoms with E-state index in [0.717, 1.165) is 62.3 Å². The minimum absolute atomic E-state index is 0.374. The molecule has 0 radical (unpaired) electrons. The lowest BCUT2D eigenvalue weighted by Crippen LogP contribution is -2.35. The highest BCUT2D eigenvalue weighted by molar-refractivity contribution is 7.99. The summed E-state index contributed by atoms with van der Waals surface area (Å²) in [5, 5.41) is 0. The van der Waals surface area contributed by atoms with Gasteiger partial charge in [0.2, 0.25) is 10.0 Å². The second kappa shape index (κ2) is 8.11. The van der Waals surface area contributed by atoms with E-state index in [9.17, 15) is 8.42 Å². The van der Waals surface area contributed by atoms with E-state index in [-0.39, 0.29) is 0 Å². The highest BCUT2D eigenvalue weighted by Gasteiger charge is 2.27. The Labute approximate surface area is 166 Å². The molecule has 3 heterocycles. The summed E-state index contributed by atoms with van der Waals surface area (Å²) in [4.78, 5) is 7.64. The zero-order valence-corrected chi connectivity index (χ0v) is 17.6. The molecule has 4 rings (SSSR count). The van der Waals surface area contributed by atoms with Gasteiger partial charge in [-0.2, -0.15) is 16.1 Å². The van der Waals surface area contributed by atoms with Gasteiger partial charge < -0.3 is 4.57 Å². The molecule has 0 bridgehead atoms. The Morgan fingerprint density at radius 2 is 1.81 bits per heavy atom. The van der Waals surface area contributed by atoms with E-state index < -0.39 is 10.0 Å². The van der Waals surface area contributed by atoms with Crippen LogP contribution in [0.5, 0.6) is 0 Å². The summed E-state index contributed by atoms with van der Waals surface area (Å²) in [6.45, 7) is 7.22. The number of benzene rings is 1. The minimum Gasteiger partial charge on any atom is -0.327 e. The number of thioether (sulfide) groups is 1. The quantitative estimate of drug-likeness (QED) is 0.761. The third-order valence-corrected chi connectivity index (χ3v) is 8.37. The van der Waals surface area contributed by atoms with Gasteiger partial charge in [-0.05, 0) is 38.0 Å². The molecule has 0 saturated carbocycles. The van der Waals surface area contributed by atoms with E-state index in [2.05, 4.69) is 16.4 Å². The van der Waals surface area contributed by atoms with Crippen LogP contribution >= 0.6 is 11.8 Å². The molecule has 2 aliphatic heterocycles. The Morgan fingerprint density at radius 3 is 2.52 bits per heavy atom. The lowest BCUT2D eigenvalue weighted by atomic mass is 10.2. The van der Waals surface area contributed by atoms with Crippen molar-refractivity contribution in [1.82, 2.24) is 18.8 Å². The fourth-order valence-electron chi connectivity index (χ4n) is 4.01. The van der Waals surface area contributed by atoms with Crippen molar-refractivity contribution in [3.8, 4) is 0 Å². The summed E-state index contributed by atoms with van der Waals surface area (Å²) in [5.74, 6) is 3.38. The molecular formula is C19H28N4O2S2. The van der Waals surface area contributed by atoms with Crippen LogP contribution in [0.4, 0.5) is 0 Å². The van der Waals surface area contributed by atoms with Crippen molar-refractivity contribution < 1.29 is 8.42 Å². The number of aryl methyl sites for hydroxylation is 1. The fraction of sp³-hybridized carbons (Fsp3) is 0.632. The van der Waals surface area contributed by atoms with Crippen molar-refractivity contribution in [3.63, 3.8) is 0 Å². The number of aromatic nitrogens is 2. The monoisotopic (exact) mass is 408 g/mol. The second-order valence-electron chi connectivity index (χ2n) is 7.28. The Hall–Kier alpha value is -1.09. The molecule has 6 nitrogen and oxygen atoms in total. The summed E-state index contributed by atoms with van der Waals surface area (Å²) in [6.07, 6.45) is 3.01. The number of fused-ring (bicyclic) bond motifs is 1. The number of sulfonamides is 1. The highest BCUT2D eigenvalue weighted by atomic mass is 32.2. The van der Waals surface area contributed by atoms with Crippen molar-refractivity contribution in [2.24, 2.45) is 0 Å². The third kappa shape index (κ3) is 3.90. The van der Waals surface area contributed by atoms with Crippen molar-refractivity contribution >= 4 is 32.8 Å². The maximum Gasteiger partial charge on any atom is 0.243 e. The molecular weight excluding hydrogens is 380 g/mol. The first-order chi connectivity index (χ1) is 13.1. The SMILES string of the molecule is CCn1c(CN2CCSCC2)nc2cc(S(=O)(=O)N3CCCCC3)ccc21. The topological polar surface area (TPSA) is 58.4 Å². The van der Waals surface area contributed by atoms with E-state index in [4.69, 9.17) is 4.98 Å². The third-order valence-electron chi connectivity index (χ3n) is 5.54. The lowest BCUT2D eigenvalue weighted by Gasteiger charge is -2.25. The molecule has 2 saturated heterocycles. The van der Waals surface area contributed by atoms with Crippen LogP contribution in [0.15, 0.2) is 23.1 Å². The van der Waals surface area contributed by atoms with Crippen molar-refractivity contribution in [2.45, 2.75) is 44.2 Å². The molecule has 0 N–H and O–H groups in total. The first kappa shape index (κ1) is 19.2. The largest absolute Gasteiger partial charge is 0.327 e. The van der Waals surface area contributed by atoms with Gasteiger partial charge in [0.1, 0.15) is 5.82 Å². The fourth-order valence-corrected chi connectivity index (χ4v) is 6.52. The Balaban J connectivity index is 1.65. The van der Waals surface area contributed by atoms with Gasteiger partial charge in [0, 0.05) is 44.2 Å². The maximum atomic E-state index is 13.0. The van der Waals surface area contributed by atoms with Gasteiger partial charge in [-0.3, -0.25) is 4.90 Å². The van der Waals surface area contributed by atoms with Gasteiger partial charge >= 0.3 is 0 Å². The van der Waals surface area contributed by atoms with Crippen LogP contribution in [0.1, 0.15) is 32.0 Å². The maximum absolute atomic E-state index is 13.0. The molecule has 148 valence electrons. The summed E-state index contributed by atoms with van der Waals surface area (Å²) in [5.41, 5.74) is 1.81. The Kier molecular flexibility index (Phi) is 5.78. The smallest absolute Gasteiger partial charge is 0.243 e. The van der Waals surface area contributed by atoms with Crippen molar-refractivity contribution in [2.75, 3.05) is 37.7 Å². The molecule has 2 fully saturated rings. The molecule has 27 heavy (non-hydrogen) atoms. The molecule has 0 spiro atoms. The Bertz CT molecular complexity index is 898. The number of piperidine rings is 1. The molecule has 1 aromatic heterocycles. The van der Waals surface area contributed by atoms with Gasteiger partial charge in [-0.1, -0.05) is 6.42 Å². The van der Waals surface area contributed by atoms with Crippen molar-refractivity contribution in [1.29, 1.82) is 0 Å². The molecule has 2 aromatic rings. The second-order valence-corrected chi connectivity index (χ2v) is 10.4. The van der Waals surface area contributed by atoms with Crippen LogP contribution in [-0.4, -0.2) is 64.9 Å².